The second-order valence-corrected chi connectivity index (χ2v) is 7.24. The van der Waals surface area contributed by atoms with E-state index in [4.69, 9.17) is 16.0 Å². The predicted molar refractivity (Wildman–Crippen MR) is 104 cm³/mol. The van der Waals surface area contributed by atoms with Crippen LogP contribution in [-0.2, 0) is 5.92 Å². The van der Waals surface area contributed by atoms with Gasteiger partial charge in [-0.2, -0.15) is 22.0 Å². The summed E-state index contributed by atoms with van der Waals surface area (Å²) in [6.07, 6.45) is -3.39. The first-order chi connectivity index (χ1) is 15.1. The van der Waals surface area contributed by atoms with Gasteiger partial charge in [0.15, 0.2) is 0 Å². The number of alkyl halides is 5. The molecule has 162 valence electrons. The number of rotatable bonds is 3. The molecule has 4 heterocycles. The van der Waals surface area contributed by atoms with Crippen molar-refractivity contribution >= 4 is 28.3 Å². The van der Waals surface area contributed by atoms with Gasteiger partial charge in [0, 0.05) is 16.6 Å². The molecule has 0 aliphatic carbocycles. The molecule has 12 heteroatoms. The average Bonchev–Trinajstić information content (AvgIpc) is 3.41. The molecule has 0 bridgehead atoms. The number of pyridine rings is 2. The Morgan fingerprint density at radius 2 is 1.78 bits per heavy atom. The first kappa shape index (κ1) is 20.3. The van der Waals surface area contributed by atoms with E-state index in [1.54, 1.807) is 24.3 Å². The molecule has 5 aromatic rings. The summed E-state index contributed by atoms with van der Waals surface area (Å²) in [7, 11) is 0. The molecule has 0 unspecified atom stereocenters. The molecule has 0 saturated carbocycles. The molecule has 0 fully saturated rings. The van der Waals surface area contributed by atoms with E-state index in [1.807, 2.05) is 0 Å². The lowest BCUT2D eigenvalue weighted by Crippen LogP contribution is -2.34. The second kappa shape index (κ2) is 6.95. The Morgan fingerprint density at radius 1 is 0.969 bits per heavy atom. The molecule has 0 spiro atoms. The highest BCUT2D eigenvalue weighted by atomic mass is 35.5. The fourth-order valence-electron chi connectivity index (χ4n) is 3.32. The summed E-state index contributed by atoms with van der Waals surface area (Å²) < 4.78 is 74.5. The molecule has 0 saturated heterocycles. The van der Waals surface area contributed by atoms with Crippen molar-refractivity contribution in [3.8, 4) is 22.7 Å². The third kappa shape index (κ3) is 3.16. The van der Waals surface area contributed by atoms with E-state index in [0.29, 0.717) is 16.0 Å². The van der Waals surface area contributed by atoms with E-state index in [9.17, 15) is 22.0 Å². The van der Waals surface area contributed by atoms with Gasteiger partial charge in [0.05, 0.1) is 0 Å². The van der Waals surface area contributed by atoms with Crippen molar-refractivity contribution in [1.29, 1.82) is 0 Å². The van der Waals surface area contributed by atoms with Crippen molar-refractivity contribution in [2.75, 3.05) is 0 Å². The molecule has 0 atom stereocenters. The van der Waals surface area contributed by atoms with Crippen LogP contribution in [0.1, 0.15) is 5.69 Å². The van der Waals surface area contributed by atoms with Crippen molar-refractivity contribution in [1.82, 2.24) is 24.6 Å². The van der Waals surface area contributed by atoms with Crippen molar-refractivity contribution in [2.24, 2.45) is 0 Å². The van der Waals surface area contributed by atoms with E-state index >= 15 is 0 Å². The smallest absolute Gasteiger partial charge is 0.422 e. The molecule has 0 amide bonds. The predicted octanol–water partition coefficient (Wildman–Crippen LogP) is 5.91. The van der Waals surface area contributed by atoms with Crippen molar-refractivity contribution in [3.05, 3.63) is 65.8 Å². The maximum atomic E-state index is 14.3. The van der Waals surface area contributed by atoms with Gasteiger partial charge in [-0.05, 0) is 41.5 Å². The number of hydrogen-bond acceptors (Lipinski definition) is 5. The van der Waals surface area contributed by atoms with Crippen LogP contribution >= 0.6 is 11.6 Å². The lowest BCUT2D eigenvalue weighted by Gasteiger charge is -2.20. The van der Waals surface area contributed by atoms with Gasteiger partial charge in [0.1, 0.15) is 22.7 Å². The fourth-order valence-corrected chi connectivity index (χ4v) is 3.51. The van der Waals surface area contributed by atoms with Crippen molar-refractivity contribution < 1.29 is 26.4 Å². The molecule has 1 aromatic carbocycles. The minimum atomic E-state index is -5.84. The monoisotopic (exact) mass is 465 g/mol. The Bertz CT molecular complexity index is 1460. The maximum absolute atomic E-state index is 14.3. The van der Waals surface area contributed by atoms with Crippen molar-refractivity contribution in [2.45, 2.75) is 12.1 Å². The highest BCUT2D eigenvalue weighted by molar-refractivity contribution is 6.30. The zero-order valence-corrected chi connectivity index (χ0v) is 16.4. The van der Waals surface area contributed by atoms with Gasteiger partial charge in [-0.3, -0.25) is 4.40 Å². The summed E-state index contributed by atoms with van der Waals surface area (Å²) in [6.45, 7) is 0. The quantitative estimate of drug-likeness (QED) is 0.310. The van der Waals surface area contributed by atoms with E-state index in [0.717, 1.165) is 12.5 Å². The van der Waals surface area contributed by atoms with Gasteiger partial charge in [0.2, 0.25) is 6.39 Å². The number of nitrogens with zero attached hydrogens (tertiary/aromatic N) is 5. The number of halogens is 6. The van der Waals surface area contributed by atoms with E-state index in [2.05, 4.69) is 20.2 Å². The minimum Gasteiger partial charge on any atom is -0.422 e. The molecule has 0 radical (unpaired) electrons. The molecular weight excluding hydrogens is 457 g/mol. The lowest BCUT2D eigenvalue weighted by molar-refractivity contribution is -0.290. The van der Waals surface area contributed by atoms with Crippen LogP contribution in [-0.4, -0.2) is 30.7 Å². The topological polar surface area (TPSA) is 69.1 Å². The number of benzene rings is 1. The van der Waals surface area contributed by atoms with Crippen LogP contribution in [0.5, 0.6) is 0 Å². The SMILES string of the molecule is FC(F)(F)C(F)(F)c1cc(-c2cccc(Cl)c2)c2ccc3nc(-c4nnco4)cn3c2n1. The summed E-state index contributed by atoms with van der Waals surface area (Å²) in [5, 5.41) is 7.88. The van der Waals surface area contributed by atoms with Gasteiger partial charge in [-0.25, -0.2) is 9.97 Å². The van der Waals surface area contributed by atoms with Crippen LogP contribution in [0.15, 0.2) is 59.5 Å². The van der Waals surface area contributed by atoms with E-state index in [1.165, 1.54) is 22.7 Å². The Kier molecular flexibility index (Phi) is 4.41. The molecular formula is C20H9ClF5N5O. The van der Waals surface area contributed by atoms with Crippen LogP contribution in [0.3, 0.4) is 0 Å². The third-order valence-electron chi connectivity index (χ3n) is 4.79. The summed E-state index contributed by atoms with van der Waals surface area (Å²) in [6, 6.07) is 9.97. The molecule has 0 aliphatic rings. The minimum absolute atomic E-state index is 0.0497. The van der Waals surface area contributed by atoms with Gasteiger partial charge < -0.3 is 4.42 Å². The van der Waals surface area contributed by atoms with Crippen LogP contribution in [0.25, 0.3) is 39.4 Å². The zero-order chi connectivity index (χ0) is 22.7. The summed E-state index contributed by atoms with van der Waals surface area (Å²) in [5.74, 6) is -5.14. The highest BCUT2D eigenvalue weighted by Crippen LogP contribution is 2.45. The normalized spacial score (nSPS) is 12.7. The molecule has 6 nitrogen and oxygen atoms in total. The van der Waals surface area contributed by atoms with Crippen LogP contribution < -0.4 is 0 Å². The van der Waals surface area contributed by atoms with Crippen LogP contribution in [0, 0.1) is 0 Å². The van der Waals surface area contributed by atoms with Gasteiger partial charge in [-0.15, -0.1) is 10.2 Å². The molecule has 32 heavy (non-hydrogen) atoms. The Balaban J connectivity index is 1.86. The fraction of sp³-hybridized carbons (Fsp3) is 0.100. The largest absolute Gasteiger partial charge is 0.459 e. The second-order valence-electron chi connectivity index (χ2n) is 6.81. The number of fused-ring (bicyclic) bond motifs is 3. The molecule has 4 aromatic heterocycles. The molecule has 5 rings (SSSR count). The number of aromatic nitrogens is 5. The number of hydrogen-bond donors (Lipinski definition) is 0. The molecule has 0 N–H and O–H groups in total. The number of imidazole rings is 1. The van der Waals surface area contributed by atoms with E-state index < -0.39 is 17.8 Å². The first-order valence-electron chi connectivity index (χ1n) is 8.95. The Hall–Kier alpha value is -3.60. The zero-order valence-electron chi connectivity index (χ0n) is 15.6. The standard InChI is InChI=1S/C20H9ClF5N5O/c21-11-3-1-2-10(6-11)13-7-15(19(22,23)20(24,25)26)29-17-12(13)4-5-16-28-14(8-31(16)17)18-30-27-9-32-18/h1-9H. The van der Waals surface area contributed by atoms with Crippen LogP contribution in [0.2, 0.25) is 5.02 Å². The van der Waals surface area contributed by atoms with Gasteiger partial charge >= 0.3 is 12.1 Å². The third-order valence-corrected chi connectivity index (χ3v) is 5.03. The molecule has 0 aliphatic heterocycles. The summed E-state index contributed by atoms with van der Waals surface area (Å²) >= 11 is 6.02. The average molecular weight is 466 g/mol. The van der Waals surface area contributed by atoms with Crippen LogP contribution in [0.4, 0.5) is 22.0 Å². The highest BCUT2D eigenvalue weighted by Gasteiger charge is 2.60. The lowest BCUT2D eigenvalue weighted by atomic mass is 10.00. The summed E-state index contributed by atoms with van der Waals surface area (Å²) in [5.41, 5.74) is -0.714. The first-order valence-corrected chi connectivity index (χ1v) is 9.33. The van der Waals surface area contributed by atoms with Gasteiger partial charge in [-0.1, -0.05) is 23.7 Å². The van der Waals surface area contributed by atoms with Crippen molar-refractivity contribution in [3.63, 3.8) is 0 Å². The Labute approximate surface area is 180 Å². The van der Waals surface area contributed by atoms with E-state index in [-0.39, 0.29) is 28.4 Å². The summed E-state index contributed by atoms with van der Waals surface area (Å²) in [4.78, 5) is 7.96. The Morgan fingerprint density at radius 3 is 2.47 bits per heavy atom. The maximum Gasteiger partial charge on any atom is 0.459 e. The van der Waals surface area contributed by atoms with Gasteiger partial charge in [0.25, 0.3) is 5.89 Å².